The summed E-state index contributed by atoms with van der Waals surface area (Å²) in [6, 6.07) is 2.09. The maximum absolute atomic E-state index is 4.70. The number of pyridine rings is 1. The van der Waals surface area contributed by atoms with Crippen molar-refractivity contribution in [2.75, 3.05) is 13.1 Å². The van der Waals surface area contributed by atoms with Crippen LogP contribution in [0.4, 0.5) is 5.69 Å². The third-order valence-corrected chi connectivity index (χ3v) is 3.78. The van der Waals surface area contributed by atoms with E-state index in [0.29, 0.717) is 0 Å². The lowest BCUT2D eigenvalue weighted by molar-refractivity contribution is 0.473. The summed E-state index contributed by atoms with van der Waals surface area (Å²) in [6.45, 7) is 8.62. The van der Waals surface area contributed by atoms with Crippen molar-refractivity contribution < 1.29 is 0 Å². The van der Waals surface area contributed by atoms with Gasteiger partial charge in [0, 0.05) is 24.9 Å². The minimum absolute atomic E-state index is 0.826. The Morgan fingerprint density at radius 1 is 1.37 bits per heavy atom. The fourth-order valence-electron chi connectivity index (χ4n) is 2.64. The highest BCUT2D eigenvalue weighted by atomic mass is 14.9. The van der Waals surface area contributed by atoms with Gasteiger partial charge in [0.05, 0.1) is 11.4 Å². The highest BCUT2D eigenvalue weighted by Gasteiger charge is 2.16. The highest BCUT2D eigenvalue weighted by Crippen LogP contribution is 2.28. The average molecular weight is 259 g/mol. The second-order valence-electron chi connectivity index (χ2n) is 5.62. The number of nitrogens with one attached hydrogen (secondary N) is 1. The molecule has 0 spiro atoms. The van der Waals surface area contributed by atoms with Crippen molar-refractivity contribution in [1.82, 2.24) is 10.3 Å². The Hall–Kier alpha value is -1.22. The normalized spacial score (nSPS) is 15.2. The Balaban J connectivity index is 1.75. The van der Waals surface area contributed by atoms with Crippen LogP contribution in [0.2, 0.25) is 0 Å². The molecule has 19 heavy (non-hydrogen) atoms. The predicted octanol–water partition coefficient (Wildman–Crippen LogP) is 3.43. The SMILES string of the molecule is CCCC(C)CCNCC1=Nc2c(ccnc2C)C1. The minimum Gasteiger partial charge on any atom is -0.311 e. The van der Waals surface area contributed by atoms with Crippen LogP contribution in [0.1, 0.15) is 44.4 Å². The van der Waals surface area contributed by atoms with Crippen LogP contribution in [0, 0.1) is 12.8 Å². The van der Waals surface area contributed by atoms with Crippen molar-refractivity contribution in [2.45, 2.75) is 46.5 Å². The van der Waals surface area contributed by atoms with Gasteiger partial charge in [-0.1, -0.05) is 26.7 Å². The molecule has 1 aromatic rings. The van der Waals surface area contributed by atoms with Gasteiger partial charge >= 0.3 is 0 Å². The van der Waals surface area contributed by atoms with Crippen LogP contribution in [0.3, 0.4) is 0 Å². The summed E-state index contributed by atoms with van der Waals surface area (Å²) in [5, 5.41) is 3.52. The monoisotopic (exact) mass is 259 g/mol. The first-order valence-electron chi connectivity index (χ1n) is 7.42. The molecular weight excluding hydrogens is 234 g/mol. The molecule has 3 nitrogen and oxygen atoms in total. The Bertz CT molecular complexity index is 451. The first-order valence-corrected chi connectivity index (χ1v) is 7.42. The molecule has 0 fully saturated rings. The summed E-state index contributed by atoms with van der Waals surface area (Å²) in [5.41, 5.74) is 4.71. The molecule has 104 valence electrons. The van der Waals surface area contributed by atoms with Crippen molar-refractivity contribution >= 4 is 11.4 Å². The zero-order valence-corrected chi connectivity index (χ0v) is 12.4. The van der Waals surface area contributed by atoms with E-state index in [-0.39, 0.29) is 0 Å². The smallest absolute Gasteiger partial charge is 0.0877 e. The van der Waals surface area contributed by atoms with Gasteiger partial charge in [0.1, 0.15) is 0 Å². The van der Waals surface area contributed by atoms with Crippen molar-refractivity contribution in [1.29, 1.82) is 0 Å². The van der Waals surface area contributed by atoms with E-state index < -0.39 is 0 Å². The Labute approximate surface area is 116 Å². The molecule has 0 radical (unpaired) electrons. The summed E-state index contributed by atoms with van der Waals surface area (Å²) in [4.78, 5) is 8.99. The third kappa shape index (κ3) is 3.87. The van der Waals surface area contributed by atoms with E-state index in [4.69, 9.17) is 4.99 Å². The third-order valence-electron chi connectivity index (χ3n) is 3.78. The van der Waals surface area contributed by atoms with E-state index >= 15 is 0 Å². The first-order chi connectivity index (χ1) is 9.20. The van der Waals surface area contributed by atoms with E-state index in [2.05, 4.69) is 30.2 Å². The topological polar surface area (TPSA) is 37.3 Å². The maximum atomic E-state index is 4.70. The quantitative estimate of drug-likeness (QED) is 0.762. The van der Waals surface area contributed by atoms with Gasteiger partial charge < -0.3 is 5.32 Å². The lowest BCUT2D eigenvalue weighted by atomic mass is 10.0. The molecule has 0 aliphatic carbocycles. The molecule has 0 aromatic carbocycles. The molecule has 3 heteroatoms. The lowest BCUT2D eigenvalue weighted by Crippen LogP contribution is -2.25. The van der Waals surface area contributed by atoms with E-state index in [1.165, 1.54) is 30.5 Å². The van der Waals surface area contributed by atoms with Crippen LogP contribution in [0.25, 0.3) is 0 Å². The van der Waals surface area contributed by atoms with Crippen LogP contribution in [0.15, 0.2) is 17.3 Å². The summed E-state index contributed by atoms with van der Waals surface area (Å²) < 4.78 is 0. The predicted molar refractivity (Wildman–Crippen MR) is 81.3 cm³/mol. The second kappa shape index (κ2) is 6.80. The van der Waals surface area contributed by atoms with Gasteiger partial charge in [-0.2, -0.15) is 0 Å². The van der Waals surface area contributed by atoms with Gasteiger partial charge in [-0.3, -0.25) is 9.98 Å². The lowest BCUT2D eigenvalue weighted by Gasteiger charge is -2.10. The molecule has 1 aromatic heterocycles. The molecule has 1 aliphatic rings. The molecule has 0 saturated carbocycles. The molecule has 1 aliphatic heterocycles. The fourth-order valence-corrected chi connectivity index (χ4v) is 2.64. The second-order valence-corrected chi connectivity index (χ2v) is 5.62. The largest absolute Gasteiger partial charge is 0.311 e. The standard InChI is InChI=1S/C16H25N3/c1-4-5-12(2)6-8-17-11-15-10-14-7-9-18-13(3)16(14)19-15/h7,9,12,17H,4-6,8,10-11H2,1-3H3. The highest BCUT2D eigenvalue weighted by molar-refractivity contribution is 5.95. The molecule has 1 N–H and O–H groups in total. The van der Waals surface area contributed by atoms with E-state index in [1.54, 1.807) is 0 Å². The Morgan fingerprint density at radius 2 is 2.21 bits per heavy atom. The van der Waals surface area contributed by atoms with Crippen LogP contribution >= 0.6 is 0 Å². The summed E-state index contributed by atoms with van der Waals surface area (Å²) in [5.74, 6) is 0.826. The van der Waals surface area contributed by atoms with Crippen molar-refractivity contribution in [3.63, 3.8) is 0 Å². The summed E-state index contributed by atoms with van der Waals surface area (Å²) >= 11 is 0. The van der Waals surface area contributed by atoms with Gasteiger partial charge in [-0.05, 0) is 37.4 Å². The number of rotatable bonds is 7. The minimum atomic E-state index is 0.826. The number of fused-ring (bicyclic) bond motifs is 1. The Kier molecular flexibility index (Phi) is 5.08. The van der Waals surface area contributed by atoms with Crippen LogP contribution in [0.5, 0.6) is 0 Å². The van der Waals surface area contributed by atoms with Crippen molar-refractivity contribution in [3.8, 4) is 0 Å². The average Bonchev–Trinajstić information content (AvgIpc) is 2.79. The van der Waals surface area contributed by atoms with Gasteiger partial charge in [0.2, 0.25) is 0 Å². The number of aromatic nitrogens is 1. The van der Waals surface area contributed by atoms with E-state index in [0.717, 1.165) is 36.8 Å². The van der Waals surface area contributed by atoms with Crippen molar-refractivity contribution in [3.05, 3.63) is 23.5 Å². The number of hydrogen-bond donors (Lipinski definition) is 1. The fraction of sp³-hybridized carbons (Fsp3) is 0.625. The number of aryl methyl sites for hydroxylation is 1. The first kappa shape index (κ1) is 14.2. The molecule has 0 bridgehead atoms. The number of aliphatic imine (C=N–C) groups is 1. The van der Waals surface area contributed by atoms with E-state index in [1.807, 2.05) is 13.1 Å². The molecular formula is C16H25N3. The van der Waals surface area contributed by atoms with Gasteiger partial charge in [-0.25, -0.2) is 0 Å². The molecule has 2 heterocycles. The Morgan fingerprint density at radius 3 is 2.95 bits per heavy atom. The van der Waals surface area contributed by atoms with Gasteiger partial charge in [0.15, 0.2) is 0 Å². The van der Waals surface area contributed by atoms with Crippen LogP contribution in [-0.4, -0.2) is 23.8 Å². The molecule has 0 saturated heterocycles. The summed E-state index contributed by atoms with van der Waals surface area (Å²) in [7, 11) is 0. The van der Waals surface area contributed by atoms with Gasteiger partial charge in [0.25, 0.3) is 0 Å². The summed E-state index contributed by atoms with van der Waals surface area (Å²) in [6.07, 6.45) is 6.74. The molecule has 1 atom stereocenters. The van der Waals surface area contributed by atoms with Crippen LogP contribution < -0.4 is 5.32 Å². The molecule has 0 amide bonds. The van der Waals surface area contributed by atoms with Crippen molar-refractivity contribution in [2.24, 2.45) is 10.9 Å². The van der Waals surface area contributed by atoms with Crippen LogP contribution in [-0.2, 0) is 6.42 Å². The van der Waals surface area contributed by atoms with Gasteiger partial charge in [-0.15, -0.1) is 0 Å². The van der Waals surface area contributed by atoms with E-state index in [9.17, 15) is 0 Å². The zero-order valence-electron chi connectivity index (χ0n) is 12.4. The zero-order chi connectivity index (χ0) is 13.7. The maximum Gasteiger partial charge on any atom is 0.0877 e. The molecule has 2 rings (SSSR count). The number of hydrogen-bond acceptors (Lipinski definition) is 3. The molecule has 1 unspecified atom stereocenters. The number of nitrogens with zero attached hydrogens (tertiary/aromatic N) is 2.